The fourth-order valence-electron chi connectivity index (χ4n) is 3.39. The van der Waals surface area contributed by atoms with E-state index < -0.39 is 0 Å². The van der Waals surface area contributed by atoms with Crippen LogP contribution in [0.2, 0.25) is 0 Å². The van der Waals surface area contributed by atoms with Crippen molar-refractivity contribution in [2.24, 2.45) is 4.99 Å². The number of halogens is 1. The molecule has 0 saturated carbocycles. The highest BCUT2D eigenvalue weighted by Crippen LogP contribution is 2.28. The summed E-state index contributed by atoms with van der Waals surface area (Å²) in [5.41, 5.74) is 3.80. The molecule has 27 heavy (non-hydrogen) atoms. The van der Waals surface area contributed by atoms with Crippen LogP contribution in [0.1, 0.15) is 24.5 Å². The summed E-state index contributed by atoms with van der Waals surface area (Å²) in [5, 5.41) is 6.98. The Balaban J connectivity index is 1.56. The largest absolute Gasteiger partial charge is 0.368 e. The Morgan fingerprint density at radius 2 is 2.19 bits per heavy atom. The van der Waals surface area contributed by atoms with Crippen molar-refractivity contribution in [2.45, 2.75) is 32.7 Å². The lowest BCUT2D eigenvalue weighted by molar-refractivity contribution is 0.649. The van der Waals surface area contributed by atoms with Gasteiger partial charge >= 0.3 is 0 Å². The standard InChI is InChI=1S/C21H28BrN5/c1-3-24-21(25-12-9-17-8-11-23-14-16(17)2)26-18-10-13-27(15-18)20-7-5-4-6-19(20)22/h4-8,11,14,18H,3,9-10,12-13,15H2,1-2H3,(H2,24,25,26). The second-order valence-electron chi connectivity index (χ2n) is 6.84. The Labute approximate surface area is 170 Å². The summed E-state index contributed by atoms with van der Waals surface area (Å²) in [6.45, 7) is 7.87. The molecule has 1 aliphatic heterocycles. The predicted molar refractivity (Wildman–Crippen MR) is 117 cm³/mol. The van der Waals surface area contributed by atoms with Gasteiger partial charge in [0.15, 0.2) is 5.96 Å². The number of guanidine groups is 1. The highest BCUT2D eigenvalue weighted by atomic mass is 79.9. The number of aromatic nitrogens is 1. The Morgan fingerprint density at radius 1 is 1.33 bits per heavy atom. The van der Waals surface area contributed by atoms with Crippen LogP contribution in [0.5, 0.6) is 0 Å². The molecule has 0 bridgehead atoms. The van der Waals surface area contributed by atoms with Gasteiger partial charge in [0.2, 0.25) is 0 Å². The van der Waals surface area contributed by atoms with Gasteiger partial charge in [-0.25, -0.2) is 0 Å². The van der Waals surface area contributed by atoms with Gasteiger partial charge in [-0.3, -0.25) is 9.98 Å². The molecule has 0 spiro atoms. The van der Waals surface area contributed by atoms with Crippen LogP contribution in [0.3, 0.4) is 0 Å². The van der Waals surface area contributed by atoms with Crippen molar-refractivity contribution in [1.29, 1.82) is 0 Å². The van der Waals surface area contributed by atoms with Crippen molar-refractivity contribution in [3.8, 4) is 0 Å². The van der Waals surface area contributed by atoms with Crippen LogP contribution >= 0.6 is 15.9 Å². The summed E-state index contributed by atoms with van der Waals surface area (Å²) in [5.74, 6) is 0.906. The van der Waals surface area contributed by atoms with E-state index in [-0.39, 0.29) is 0 Å². The summed E-state index contributed by atoms with van der Waals surface area (Å²) in [7, 11) is 0. The van der Waals surface area contributed by atoms with E-state index >= 15 is 0 Å². The third-order valence-corrected chi connectivity index (χ3v) is 5.52. The predicted octanol–water partition coefficient (Wildman–Crippen LogP) is 3.53. The van der Waals surface area contributed by atoms with E-state index in [9.17, 15) is 0 Å². The zero-order chi connectivity index (χ0) is 19.1. The van der Waals surface area contributed by atoms with Crippen LogP contribution in [-0.2, 0) is 6.42 Å². The maximum atomic E-state index is 4.77. The minimum Gasteiger partial charge on any atom is -0.368 e. The molecule has 2 heterocycles. The third-order valence-electron chi connectivity index (χ3n) is 4.85. The molecule has 1 unspecified atom stereocenters. The number of pyridine rings is 1. The normalized spacial score (nSPS) is 17.2. The van der Waals surface area contributed by atoms with Crippen LogP contribution in [0, 0.1) is 6.92 Å². The molecule has 0 aliphatic carbocycles. The second-order valence-corrected chi connectivity index (χ2v) is 7.69. The van der Waals surface area contributed by atoms with E-state index in [0.717, 1.165) is 49.5 Å². The SMILES string of the molecule is CCNC(=NCCc1ccncc1C)NC1CCN(c2ccccc2Br)C1. The van der Waals surface area contributed by atoms with Crippen molar-refractivity contribution in [3.63, 3.8) is 0 Å². The molecule has 0 radical (unpaired) electrons. The molecule has 0 amide bonds. The summed E-state index contributed by atoms with van der Waals surface area (Å²) >= 11 is 3.66. The number of aliphatic imine (C=N–C) groups is 1. The lowest BCUT2D eigenvalue weighted by Crippen LogP contribution is -2.44. The average molecular weight is 430 g/mol. The van der Waals surface area contributed by atoms with E-state index in [4.69, 9.17) is 4.99 Å². The van der Waals surface area contributed by atoms with Crippen molar-refractivity contribution >= 4 is 27.6 Å². The van der Waals surface area contributed by atoms with Crippen LogP contribution in [-0.4, -0.2) is 43.2 Å². The van der Waals surface area contributed by atoms with Crippen LogP contribution in [0.25, 0.3) is 0 Å². The number of para-hydroxylation sites is 1. The second kappa shape index (κ2) is 9.74. The number of aryl methyl sites for hydroxylation is 1. The van der Waals surface area contributed by atoms with Crippen molar-refractivity contribution < 1.29 is 0 Å². The first-order valence-electron chi connectivity index (χ1n) is 9.61. The molecule has 3 rings (SSSR count). The van der Waals surface area contributed by atoms with Gasteiger partial charge in [-0.2, -0.15) is 0 Å². The minimum absolute atomic E-state index is 0.401. The van der Waals surface area contributed by atoms with Gasteiger partial charge in [-0.05, 0) is 71.9 Å². The van der Waals surface area contributed by atoms with Crippen LogP contribution < -0.4 is 15.5 Å². The molecule has 144 valence electrons. The topological polar surface area (TPSA) is 52.6 Å². The Kier molecular flexibility index (Phi) is 7.10. The first-order valence-corrected chi connectivity index (χ1v) is 10.4. The number of rotatable bonds is 6. The number of nitrogens with zero attached hydrogens (tertiary/aromatic N) is 3. The fourth-order valence-corrected chi connectivity index (χ4v) is 3.92. The van der Waals surface area contributed by atoms with E-state index in [1.165, 1.54) is 16.8 Å². The molecule has 1 saturated heterocycles. The molecule has 1 fully saturated rings. The van der Waals surface area contributed by atoms with E-state index in [2.05, 4.69) is 80.6 Å². The lowest BCUT2D eigenvalue weighted by atomic mass is 10.1. The van der Waals surface area contributed by atoms with Gasteiger partial charge < -0.3 is 15.5 Å². The monoisotopic (exact) mass is 429 g/mol. The van der Waals surface area contributed by atoms with Gasteiger partial charge in [-0.15, -0.1) is 0 Å². The molecule has 1 aromatic heterocycles. The van der Waals surface area contributed by atoms with Crippen LogP contribution in [0.15, 0.2) is 52.2 Å². The van der Waals surface area contributed by atoms with Crippen molar-refractivity contribution in [2.75, 3.05) is 31.1 Å². The molecular weight excluding hydrogens is 402 g/mol. The van der Waals surface area contributed by atoms with Crippen LogP contribution in [0.4, 0.5) is 5.69 Å². The fraction of sp³-hybridized carbons (Fsp3) is 0.429. The number of benzene rings is 1. The highest BCUT2D eigenvalue weighted by molar-refractivity contribution is 9.10. The molecule has 1 aromatic carbocycles. The van der Waals surface area contributed by atoms with E-state index in [1.807, 2.05) is 12.4 Å². The number of anilines is 1. The molecule has 6 heteroatoms. The summed E-state index contributed by atoms with van der Waals surface area (Å²) in [4.78, 5) is 11.4. The minimum atomic E-state index is 0.401. The lowest BCUT2D eigenvalue weighted by Gasteiger charge is -2.21. The number of nitrogens with one attached hydrogen (secondary N) is 2. The highest BCUT2D eigenvalue weighted by Gasteiger charge is 2.24. The molecule has 1 aliphatic rings. The van der Waals surface area contributed by atoms with Crippen molar-refractivity contribution in [1.82, 2.24) is 15.6 Å². The zero-order valence-electron chi connectivity index (χ0n) is 16.1. The van der Waals surface area contributed by atoms with Gasteiger partial charge in [-0.1, -0.05) is 12.1 Å². The summed E-state index contributed by atoms with van der Waals surface area (Å²) in [6, 6.07) is 10.9. The molecule has 1 atom stereocenters. The zero-order valence-corrected chi connectivity index (χ0v) is 17.7. The van der Waals surface area contributed by atoms with Gasteiger partial charge in [0.05, 0.1) is 5.69 Å². The Morgan fingerprint density at radius 3 is 2.96 bits per heavy atom. The molecule has 2 aromatic rings. The van der Waals surface area contributed by atoms with Gasteiger partial charge in [0.25, 0.3) is 0 Å². The summed E-state index contributed by atoms with van der Waals surface area (Å²) < 4.78 is 1.15. The maximum absolute atomic E-state index is 4.77. The molecule has 2 N–H and O–H groups in total. The molecular formula is C21H28BrN5. The Bertz CT molecular complexity index is 777. The maximum Gasteiger partial charge on any atom is 0.191 e. The number of hydrogen-bond acceptors (Lipinski definition) is 3. The first-order chi connectivity index (χ1) is 13.2. The smallest absolute Gasteiger partial charge is 0.191 e. The average Bonchev–Trinajstić information content (AvgIpc) is 3.12. The van der Waals surface area contributed by atoms with Gasteiger partial charge in [0.1, 0.15) is 0 Å². The van der Waals surface area contributed by atoms with Crippen molar-refractivity contribution in [3.05, 3.63) is 58.3 Å². The van der Waals surface area contributed by atoms with E-state index in [1.54, 1.807) is 0 Å². The first kappa shape index (κ1) is 19.7. The van der Waals surface area contributed by atoms with Gasteiger partial charge in [0, 0.05) is 49.1 Å². The number of hydrogen-bond donors (Lipinski definition) is 2. The van der Waals surface area contributed by atoms with E-state index in [0.29, 0.717) is 6.04 Å². The quantitative estimate of drug-likeness (QED) is 0.544. The Hall–Kier alpha value is -2.08. The molecule has 5 nitrogen and oxygen atoms in total. The third kappa shape index (κ3) is 5.45. The summed E-state index contributed by atoms with van der Waals surface area (Å²) in [6.07, 6.45) is 5.80.